The van der Waals surface area contributed by atoms with Gasteiger partial charge >= 0.3 is 0 Å². The fraction of sp³-hybridized carbons (Fsp3) is 0.286. The van der Waals surface area contributed by atoms with Crippen molar-refractivity contribution in [3.63, 3.8) is 0 Å². The summed E-state index contributed by atoms with van der Waals surface area (Å²) in [6.45, 7) is 1.21. The molecule has 3 aromatic carbocycles. The Hall–Kier alpha value is -4.12. The van der Waals surface area contributed by atoms with Crippen LogP contribution in [0.2, 0.25) is 0 Å². The van der Waals surface area contributed by atoms with Crippen molar-refractivity contribution in [3.05, 3.63) is 84.2 Å². The molecule has 0 bridgehead atoms. The van der Waals surface area contributed by atoms with E-state index in [1.807, 2.05) is 30.3 Å². The Labute approximate surface area is 228 Å². The third-order valence-electron chi connectivity index (χ3n) is 6.16. The highest BCUT2D eigenvalue weighted by Gasteiger charge is 2.33. The van der Waals surface area contributed by atoms with Gasteiger partial charge in [-0.15, -0.1) is 0 Å². The Morgan fingerprint density at radius 2 is 1.59 bits per heavy atom. The molecule has 1 N–H and O–H groups in total. The van der Waals surface area contributed by atoms with E-state index >= 15 is 0 Å². The number of amides is 2. The van der Waals surface area contributed by atoms with Gasteiger partial charge in [0.15, 0.2) is 11.5 Å². The molecule has 1 unspecified atom stereocenters. The minimum Gasteiger partial charge on any atom is -0.493 e. The van der Waals surface area contributed by atoms with Crippen LogP contribution in [0, 0.1) is 5.82 Å². The van der Waals surface area contributed by atoms with E-state index in [1.54, 1.807) is 6.92 Å². The topological polar surface area (TPSA) is 105 Å². The van der Waals surface area contributed by atoms with Gasteiger partial charge in [0.05, 0.1) is 24.8 Å². The number of nitrogens with one attached hydrogen (secondary N) is 1. The summed E-state index contributed by atoms with van der Waals surface area (Å²) < 4.78 is 53.0. The number of nitrogens with zero attached hydrogens (tertiary/aromatic N) is 2. The number of rotatable bonds is 12. The van der Waals surface area contributed by atoms with E-state index < -0.39 is 34.3 Å². The normalized spacial score (nSPS) is 11.8. The molecule has 0 saturated carbocycles. The van der Waals surface area contributed by atoms with Gasteiger partial charge in [-0.05, 0) is 48.4 Å². The van der Waals surface area contributed by atoms with Crippen molar-refractivity contribution < 1.29 is 31.9 Å². The molecule has 208 valence electrons. The molecule has 0 radical (unpaired) electrons. The molecule has 9 nitrogen and oxygen atoms in total. The second-order valence-electron chi connectivity index (χ2n) is 8.55. The summed E-state index contributed by atoms with van der Waals surface area (Å²) in [5, 5.41) is 2.58. The summed E-state index contributed by atoms with van der Waals surface area (Å²) >= 11 is 0. The molecule has 11 heteroatoms. The maximum absolute atomic E-state index is 13.9. The molecule has 0 heterocycles. The molecule has 0 aromatic heterocycles. The first kappa shape index (κ1) is 29.4. The number of anilines is 1. The van der Waals surface area contributed by atoms with Crippen LogP contribution >= 0.6 is 0 Å². The predicted octanol–water partition coefficient (Wildman–Crippen LogP) is 3.59. The number of carbonyl (C=O) groups is 2. The van der Waals surface area contributed by atoms with E-state index in [1.165, 1.54) is 56.5 Å². The van der Waals surface area contributed by atoms with Crippen LogP contribution in [0.3, 0.4) is 0 Å². The Morgan fingerprint density at radius 1 is 0.949 bits per heavy atom. The highest BCUT2D eigenvalue weighted by molar-refractivity contribution is 7.92. The summed E-state index contributed by atoms with van der Waals surface area (Å²) in [6.07, 6.45) is 0.303. The number of sulfonamides is 1. The zero-order valence-electron chi connectivity index (χ0n) is 22.3. The van der Waals surface area contributed by atoms with Crippen molar-refractivity contribution in [2.75, 3.05) is 32.1 Å². The van der Waals surface area contributed by atoms with Gasteiger partial charge in [-0.3, -0.25) is 13.9 Å². The average Bonchev–Trinajstić information content (AvgIpc) is 2.96. The lowest BCUT2D eigenvalue weighted by Gasteiger charge is -2.33. The Bertz CT molecular complexity index is 1380. The Balaban J connectivity index is 2.08. The summed E-state index contributed by atoms with van der Waals surface area (Å²) in [5.41, 5.74) is 0.844. The lowest BCUT2D eigenvalue weighted by atomic mass is 10.1. The maximum Gasteiger partial charge on any atom is 0.264 e. The van der Waals surface area contributed by atoms with Crippen LogP contribution in [0.5, 0.6) is 11.5 Å². The van der Waals surface area contributed by atoms with Crippen molar-refractivity contribution in [1.29, 1.82) is 0 Å². The highest BCUT2D eigenvalue weighted by atomic mass is 32.2. The number of hydrogen-bond donors (Lipinski definition) is 1. The predicted molar refractivity (Wildman–Crippen MR) is 146 cm³/mol. The second-order valence-corrected chi connectivity index (χ2v) is 10.4. The molecule has 0 aliphatic rings. The smallest absolute Gasteiger partial charge is 0.264 e. The molecule has 1 atom stereocenters. The number of carbonyl (C=O) groups excluding carboxylic acids is 2. The lowest BCUT2D eigenvalue weighted by Crippen LogP contribution is -2.51. The first-order valence-electron chi connectivity index (χ1n) is 12.2. The molecule has 3 aromatic rings. The molecule has 0 saturated heterocycles. The maximum atomic E-state index is 13.9. The first-order valence-corrected chi connectivity index (χ1v) is 13.7. The van der Waals surface area contributed by atoms with Crippen molar-refractivity contribution in [3.8, 4) is 11.5 Å². The van der Waals surface area contributed by atoms with Gasteiger partial charge in [-0.1, -0.05) is 37.3 Å². The van der Waals surface area contributed by atoms with Gasteiger partial charge in [-0.25, -0.2) is 12.8 Å². The van der Waals surface area contributed by atoms with Crippen LogP contribution in [0.15, 0.2) is 77.7 Å². The minimum absolute atomic E-state index is 0.0761. The molecule has 2 amide bonds. The third kappa shape index (κ3) is 6.85. The number of ether oxygens (including phenoxy) is 2. The van der Waals surface area contributed by atoms with Crippen molar-refractivity contribution in [2.24, 2.45) is 0 Å². The second kappa shape index (κ2) is 13.1. The number of likely N-dealkylation sites (N-methyl/N-ethyl adjacent to an activating group) is 1. The summed E-state index contributed by atoms with van der Waals surface area (Å²) in [7, 11) is -0.0825. The summed E-state index contributed by atoms with van der Waals surface area (Å²) in [6, 6.07) is 17.1. The zero-order valence-corrected chi connectivity index (χ0v) is 23.1. The van der Waals surface area contributed by atoms with E-state index in [4.69, 9.17) is 9.47 Å². The van der Waals surface area contributed by atoms with E-state index in [2.05, 4.69) is 5.32 Å². The minimum atomic E-state index is -4.36. The number of benzene rings is 3. The number of halogens is 1. The van der Waals surface area contributed by atoms with Gasteiger partial charge in [0.1, 0.15) is 18.4 Å². The van der Waals surface area contributed by atoms with Crippen molar-refractivity contribution in [2.45, 2.75) is 30.8 Å². The van der Waals surface area contributed by atoms with Gasteiger partial charge < -0.3 is 19.7 Å². The molecule has 0 aliphatic carbocycles. The van der Waals surface area contributed by atoms with Gasteiger partial charge in [0.25, 0.3) is 10.0 Å². The standard InChI is InChI=1S/C28H32FN3O6S/c1-5-24(28(34)30-2)31(18-20-9-7-6-8-10-20)27(33)19-32(22-13-11-21(29)12-14-22)39(35,36)23-15-16-25(37-3)26(17-23)38-4/h6-17,24H,5,18-19H2,1-4H3,(H,30,34). The highest BCUT2D eigenvalue weighted by Crippen LogP contribution is 2.32. The van der Waals surface area contributed by atoms with Crippen LogP contribution in [0.1, 0.15) is 18.9 Å². The van der Waals surface area contributed by atoms with Gasteiger partial charge in [0, 0.05) is 19.7 Å². The lowest BCUT2D eigenvalue weighted by molar-refractivity contribution is -0.140. The van der Waals surface area contributed by atoms with Crippen LogP contribution in [0.4, 0.5) is 10.1 Å². The number of hydrogen-bond acceptors (Lipinski definition) is 6. The van der Waals surface area contributed by atoms with E-state index in [9.17, 15) is 22.4 Å². The molecule has 0 aliphatic heterocycles. The van der Waals surface area contributed by atoms with Crippen LogP contribution in [-0.4, -0.2) is 59.0 Å². The SMILES string of the molecule is CCC(C(=O)NC)N(Cc1ccccc1)C(=O)CN(c1ccc(F)cc1)S(=O)(=O)c1ccc(OC)c(OC)c1. The zero-order chi connectivity index (χ0) is 28.6. The Kier molecular flexibility index (Phi) is 9.89. The van der Waals surface area contributed by atoms with Gasteiger partial charge in [-0.2, -0.15) is 0 Å². The molecular formula is C28H32FN3O6S. The van der Waals surface area contributed by atoms with Crippen LogP contribution < -0.4 is 19.1 Å². The monoisotopic (exact) mass is 557 g/mol. The summed E-state index contributed by atoms with van der Waals surface area (Å²) in [4.78, 5) is 27.8. The Morgan fingerprint density at radius 3 is 2.15 bits per heavy atom. The fourth-order valence-electron chi connectivity index (χ4n) is 4.11. The molecule has 3 rings (SSSR count). The fourth-order valence-corrected chi connectivity index (χ4v) is 5.54. The quantitative estimate of drug-likeness (QED) is 0.365. The van der Waals surface area contributed by atoms with E-state index in [0.29, 0.717) is 12.2 Å². The third-order valence-corrected chi connectivity index (χ3v) is 7.93. The largest absolute Gasteiger partial charge is 0.493 e. The van der Waals surface area contributed by atoms with Crippen molar-refractivity contribution in [1.82, 2.24) is 10.2 Å². The molecule has 39 heavy (non-hydrogen) atoms. The van der Waals surface area contributed by atoms with E-state index in [-0.39, 0.29) is 28.8 Å². The average molecular weight is 558 g/mol. The van der Waals surface area contributed by atoms with Crippen LogP contribution in [0.25, 0.3) is 0 Å². The molecule has 0 fully saturated rings. The molecular weight excluding hydrogens is 525 g/mol. The molecule has 0 spiro atoms. The van der Waals surface area contributed by atoms with Gasteiger partial charge in [0.2, 0.25) is 11.8 Å². The first-order chi connectivity index (χ1) is 18.7. The number of methoxy groups -OCH3 is 2. The van der Waals surface area contributed by atoms with Crippen molar-refractivity contribution >= 4 is 27.5 Å². The van der Waals surface area contributed by atoms with Crippen LogP contribution in [-0.2, 0) is 26.2 Å². The van der Waals surface area contributed by atoms with E-state index in [0.717, 1.165) is 22.0 Å². The summed E-state index contributed by atoms with van der Waals surface area (Å²) in [5.74, 6) is -1.04.